The standard InChI is InChI=1S/C7H5BrF2N2O/c8-5-3-4(1-2-11-5)12-7(13)6(9)10/h1-3,6H,(H,11,12,13). The van der Waals surface area contributed by atoms with E-state index in [0.717, 1.165) is 0 Å². The average molecular weight is 251 g/mol. The normalized spacial score (nSPS) is 10.2. The van der Waals surface area contributed by atoms with E-state index >= 15 is 0 Å². The molecule has 0 aromatic carbocycles. The van der Waals surface area contributed by atoms with Gasteiger partial charge in [0.15, 0.2) is 0 Å². The number of carbonyl (C=O) groups excluding carboxylic acids is 1. The lowest BCUT2D eigenvalue weighted by atomic mass is 10.4. The maximum absolute atomic E-state index is 11.8. The molecule has 0 saturated heterocycles. The molecule has 0 unspecified atom stereocenters. The molecular weight excluding hydrogens is 246 g/mol. The summed E-state index contributed by atoms with van der Waals surface area (Å²) in [6.07, 6.45) is -1.61. The highest BCUT2D eigenvalue weighted by molar-refractivity contribution is 9.10. The van der Waals surface area contributed by atoms with Crippen molar-refractivity contribution in [3.8, 4) is 0 Å². The molecule has 13 heavy (non-hydrogen) atoms. The number of hydrogen-bond acceptors (Lipinski definition) is 2. The fraction of sp³-hybridized carbons (Fsp3) is 0.143. The van der Waals surface area contributed by atoms with Gasteiger partial charge in [0, 0.05) is 11.9 Å². The van der Waals surface area contributed by atoms with Crippen molar-refractivity contribution >= 4 is 27.5 Å². The lowest BCUT2D eigenvalue weighted by molar-refractivity contribution is -0.126. The zero-order valence-electron chi connectivity index (χ0n) is 6.30. The van der Waals surface area contributed by atoms with Gasteiger partial charge in [0.05, 0.1) is 0 Å². The highest BCUT2D eigenvalue weighted by Gasteiger charge is 2.14. The summed E-state index contributed by atoms with van der Waals surface area (Å²) in [7, 11) is 0. The van der Waals surface area contributed by atoms with Crippen LogP contribution < -0.4 is 5.32 Å². The van der Waals surface area contributed by atoms with Gasteiger partial charge in [-0.15, -0.1) is 0 Å². The molecule has 1 aromatic heterocycles. The number of carbonyl (C=O) groups is 1. The van der Waals surface area contributed by atoms with Crippen molar-refractivity contribution < 1.29 is 13.6 Å². The minimum Gasteiger partial charge on any atom is -0.321 e. The fourth-order valence-corrected chi connectivity index (χ4v) is 1.04. The number of aromatic nitrogens is 1. The van der Waals surface area contributed by atoms with Crippen LogP contribution in [-0.4, -0.2) is 17.3 Å². The van der Waals surface area contributed by atoms with Crippen molar-refractivity contribution in [3.63, 3.8) is 0 Å². The van der Waals surface area contributed by atoms with Crippen LogP contribution in [0.4, 0.5) is 14.5 Å². The minimum absolute atomic E-state index is 0.284. The number of anilines is 1. The van der Waals surface area contributed by atoms with E-state index in [4.69, 9.17) is 0 Å². The van der Waals surface area contributed by atoms with Crippen molar-refractivity contribution in [2.75, 3.05) is 5.32 Å². The van der Waals surface area contributed by atoms with Crippen LogP contribution in [0.2, 0.25) is 0 Å². The summed E-state index contributed by atoms with van der Waals surface area (Å²) < 4.78 is 24.0. The SMILES string of the molecule is O=C(Nc1ccnc(Br)c1)C(F)F. The highest BCUT2D eigenvalue weighted by Crippen LogP contribution is 2.13. The van der Waals surface area contributed by atoms with Gasteiger partial charge < -0.3 is 5.32 Å². The van der Waals surface area contributed by atoms with Crippen molar-refractivity contribution in [3.05, 3.63) is 22.9 Å². The maximum atomic E-state index is 11.8. The van der Waals surface area contributed by atoms with Crippen LogP contribution in [0.15, 0.2) is 22.9 Å². The first-order valence-electron chi connectivity index (χ1n) is 3.30. The predicted octanol–water partition coefficient (Wildman–Crippen LogP) is 2.05. The second-order valence-corrected chi connectivity index (χ2v) is 2.97. The van der Waals surface area contributed by atoms with Crippen LogP contribution in [-0.2, 0) is 4.79 Å². The van der Waals surface area contributed by atoms with E-state index in [0.29, 0.717) is 4.60 Å². The van der Waals surface area contributed by atoms with Gasteiger partial charge >= 0.3 is 6.43 Å². The quantitative estimate of drug-likeness (QED) is 0.817. The molecule has 0 radical (unpaired) electrons. The van der Waals surface area contributed by atoms with Crippen LogP contribution in [0.25, 0.3) is 0 Å². The molecule has 0 aliphatic rings. The summed E-state index contributed by atoms with van der Waals surface area (Å²) >= 11 is 3.04. The van der Waals surface area contributed by atoms with E-state index in [1.54, 1.807) is 0 Å². The Morgan fingerprint density at radius 3 is 2.85 bits per heavy atom. The minimum atomic E-state index is -3.01. The van der Waals surface area contributed by atoms with Gasteiger partial charge in [-0.2, -0.15) is 8.78 Å². The first-order chi connectivity index (χ1) is 6.09. The van der Waals surface area contributed by atoms with Gasteiger partial charge in [0.25, 0.3) is 5.91 Å². The summed E-state index contributed by atoms with van der Waals surface area (Å²) in [5, 5.41) is 2.02. The van der Waals surface area contributed by atoms with Crippen LogP contribution in [0.3, 0.4) is 0 Å². The number of nitrogens with one attached hydrogen (secondary N) is 1. The highest BCUT2D eigenvalue weighted by atomic mass is 79.9. The number of rotatable bonds is 2. The van der Waals surface area contributed by atoms with E-state index in [2.05, 4.69) is 20.9 Å². The largest absolute Gasteiger partial charge is 0.321 e. The molecular formula is C7H5BrF2N2O. The zero-order chi connectivity index (χ0) is 9.84. The van der Waals surface area contributed by atoms with Crippen LogP contribution in [0, 0.1) is 0 Å². The molecule has 0 aliphatic heterocycles. The Hall–Kier alpha value is -1.04. The van der Waals surface area contributed by atoms with E-state index < -0.39 is 12.3 Å². The Morgan fingerprint density at radius 2 is 2.31 bits per heavy atom. The molecule has 1 aromatic rings. The molecule has 0 fully saturated rings. The average Bonchev–Trinajstić information content (AvgIpc) is 2.04. The summed E-state index contributed by atoms with van der Waals surface area (Å²) in [6.45, 7) is 0. The van der Waals surface area contributed by atoms with Crippen LogP contribution in [0.5, 0.6) is 0 Å². The van der Waals surface area contributed by atoms with Crippen molar-refractivity contribution in [2.24, 2.45) is 0 Å². The number of amides is 1. The van der Waals surface area contributed by atoms with E-state index in [1.807, 2.05) is 5.32 Å². The van der Waals surface area contributed by atoms with E-state index in [-0.39, 0.29) is 5.69 Å². The Bertz CT molecular complexity index is 319. The fourth-order valence-electron chi connectivity index (χ4n) is 0.677. The molecule has 1 amide bonds. The second-order valence-electron chi connectivity index (χ2n) is 2.16. The smallest absolute Gasteiger partial charge is 0.315 e. The first-order valence-corrected chi connectivity index (χ1v) is 4.09. The van der Waals surface area contributed by atoms with Crippen molar-refractivity contribution in [1.82, 2.24) is 4.98 Å². The molecule has 70 valence electrons. The molecule has 3 nitrogen and oxygen atoms in total. The van der Waals surface area contributed by atoms with Gasteiger partial charge in [-0.1, -0.05) is 0 Å². The molecule has 1 rings (SSSR count). The third-order valence-electron chi connectivity index (χ3n) is 1.19. The molecule has 1 N–H and O–H groups in total. The molecule has 0 bridgehead atoms. The Labute approximate surface area is 81.3 Å². The molecule has 0 aliphatic carbocycles. The van der Waals surface area contributed by atoms with Gasteiger partial charge in [-0.25, -0.2) is 4.98 Å². The number of halogens is 3. The first kappa shape index (κ1) is 10.0. The molecule has 0 atom stereocenters. The summed E-state index contributed by atoms with van der Waals surface area (Å²) in [5.41, 5.74) is 0.284. The van der Waals surface area contributed by atoms with Gasteiger partial charge in [0.2, 0.25) is 0 Å². The summed E-state index contributed by atoms with van der Waals surface area (Å²) in [4.78, 5) is 14.3. The number of alkyl halides is 2. The summed E-state index contributed by atoms with van der Waals surface area (Å²) in [6, 6.07) is 2.85. The molecule has 0 saturated carbocycles. The van der Waals surface area contributed by atoms with Gasteiger partial charge in [-0.3, -0.25) is 4.79 Å². The third-order valence-corrected chi connectivity index (χ3v) is 1.63. The molecule has 1 heterocycles. The number of nitrogens with zero attached hydrogens (tertiary/aromatic N) is 1. The summed E-state index contributed by atoms with van der Waals surface area (Å²) in [5.74, 6) is -1.32. The number of hydrogen-bond donors (Lipinski definition) is 1. The zero-order valence-corrected chi connectivity index (χ0v) is 7.88. The Kier molecular flexibility index (Phi) is 3.30. The van der Waals surface area contributed by atoms with Crippen LogP contribution in [0.1, 0.15) is 0 Å². The molecule has 6 heteroatoms. The van der Waals surface area contributed by atoms with Crippen LogP contribution >= 0.6 is 15.9 Å². The van der Waals surface area contributed by atoms with Gasteiger partial charge in [0.1, 0.15) is 4.60 Å². The topological polar surface area (TPSA) is 42.0 Å². The number of pyridine rings is 1. The van der Waals surface area contributed by atoms with Crippen molar-refractivity contribution in [1.29, 1.82) is 0 Å². The van der Waals surface area contributed by atoms with Crippen molar-refractivity contribution in [2.45, 2.75) is 6.43 Å². The lowest BCUT2D eigenvalue weighted by Crippen LogP contribution is -2.19. The lowest BCUT2D eigenvalue weighted by Gasteiger charge is -2.03. The third kappa shape index (κ3) is 3.06. The maximum Gasteiger partial charge on any atom is 0.315 e. The monoisotopic (exact) mass is 250 g/mol. The second kappa shape index (κ2) is 4.27. The Balaban J connectivity index is 2.69. The van der Waals surface area contributed by atoms with E-state index in [1.165, 1.54) is 18.3 Å². The molecule has 0 spiro atoms. The Morgan fingerprint density at radius 1 is 1.62 bits per heavy atom. The predicted molar refractivity (Wildman–Crippen MR) is 46.6 cm³/mol. The van der Waals surface area contributed by atoms with Gasteiger partial charge in [-0.05, 0) is 28.1 Å². The van der Waals surface area contributed by atoms with E-state index in [9.17, 15) is 13.6 Å².